The molecule has 2 aliphatic rings. The molecule has 0 heterocycles. The van der Waals surface area contributed by atoms with Crippen molar-refractivity contribution in [1.82, 2.24) is 5.32 Å². The van der Waals surface area contributed by atoms with Crippen LogP contribution in [0.15, 0.2) is 35.0 Å². The fourth-order valence-electron chi connectivity index (χ4n) is 3.37. The quantitative estimate of drug-likeness (QED) is 0.889. The van der Waals surface area contributed by atoms with E-state index in [0.29, 0.717) is 29.5 Å². The molecule has 1 saturated carbocycles. The number of hydrogen-bond donors (Lipinski definition) is 2. The Morgan fingerprint density at radius 1 is 1.00 bits per heavy atom. The number of carbonyl (C=O) groups excluding carboxylic acids is 2. The van der Waals surface area contributed by atoms with Gasteiger partial charge in [-0.15, -0.1) is 0 Å². The molecule has 122 valence electrons. The van der Waals surface area contributed by atoms with Crippen LogP contribution in [0.5, 0.6) is 0 Å². The molecular weight excluding hydrogens is 314 g/mol. The third-order valence-corrected chi connectivity index (χ3v) is 5.21. The first-order chi connectivity index (χ1) is 11.1. The number of halogens is 1. The number of aliphatic hydroxyl groups excluding tert-OH is 1. The maximum atomic E-state index is 12.6. The van der Waals surface area contributed by atoms with E-state index >= 15 is 0 Å². The number of ketones is 2. The smallest absolute Gasteiger partial charge is 0.211 e. The second-order valence-electron chi connectivity index (χ2n) is 6.34. The molecule has 0 aromatic heterocycles. The maximum Gasteiger partial charge on any atom is 0.211 e. The number of allylic oxidation sites excluding steroid dienone is 2. The van der Waals surface area contributed by atoms with Gasteiger partial charge in [0.2, 0.25) is 11.6 Å². The summed E-state index contributed by atoms with van der Waals surface area (Å²) in [5.74, 6) is 0.330. The molecule has 0 aliphatic heterocycles. The maximum absolute atomic E-state index is 12.6. The molecule has 4 nitrogen and oxygen atoms in total. The number of benzene rings is 1. The van der Waals surface area contributed by atoms with Crippen molar-refractivity contribution in [3.63, 3.8) is 0 Å². The average molecular weight is 334 g/mol. The fourth-order valence-corrected chi connectivity index (χ4v) is 3.62. The van der Waals surface area contributed by atoms with Crippen molar-refractivity contribution in [1.29, 1.82) is 0 Å². The van der Waals surface area contributed by atoms with E-state index in [1.165, 1.54) is 0 Å². The van der Waals surface area contributed by atoms with Gasteiger partial charge in [-0.3, -0.25) is 9.59 Å². The minimum atomic E-state index is -0.298. The van der Waals surface area contributed by atoms with Gasteiger partial charge in [-0.25, -0.2) is 0 Å². The number of hydrogen-bond acceptors (Lipinski definition) is 4. The third kappa shape index (κ3) is 3.19. The lowest BCUT2D eigenvalue weighted by Crippen LogP contribution is -2.33. The Labute approximate surface area is 140 Å². The van der Waals surface area contributed by atoms with Crippen molar-refractivity contribution >= 4 is 23.2 Å². The van der Waals surface area contributed by atoms with Crippen molar-refractivity contribution in [2.45, 2.75) is 25.7 Å². The lowest BCUT2D eigenvalue weighted by molar-refractivity contribution is 0.0973. The number of carbonyl (C=O) groups is 2. The highest BCUT2D eigenvalue weighted by atomic mass is 35.5. The zero-order chi connectivity index (χ0) is 16.4. The van der Waals surface area contributed by atoms with E-state index in [0.717, 1.165) is 25.7 Å². The van der Waals surface area contributed by atoms with Crippen LogP contribution in [-0.4, -0.2) is 29.8 Å². The lowest BCUT2D eigenvalue weighted by Gasteiger charge is -2.28. The molecule has 1 fully saturated rings. The zero-order valence-electron chi connectivity index (χ0n) is 12.8. The van der Waals surface area contributed by atoms with Crippen LogP contribution >= 0.6 is 11.6 Å². The van der Waals surface area contributed by atoms with Crippen LogP contribution in [0.25, 0.3) is 0 Å². The fraction of sp³-hybridized carbons (Fsp3) is 0.444. The molecule has 0 bridgehead atoms. The van der Waals surface area contributed by atoms with Crippen LogP contribution < -0.4 is 5.32 Å². The molecule has 0 atom stereocenters. The average Bonchev–Trinajstić information content (AvgIpc) is 2.60. The van der Waals surface area contributed by atoms with Gasteiger partial charge in [0.15, 0.2) is 0 Å². The van der Waals surface area contributed by atoms with Gasteiger partial charge in [0, 0.05) is 24.3 Å². The molecule has 1 aromatic carbocycles. The van der Waals surface area contributed by atoms with Gasteiger partial charge >= 0.3 is 0 Å². The monoisotopic (exact) mass is 333 g/mol. The standard InChI is InChI=1S/C18H20ClNO3/c19-15-16(20-9-11-5-7-12(10-21)8-6-11)18(23)14-4-2-1-3-13(14)17(15)22/h1-4,11-12,20-21H,5-10H2. The normalized spacial score (nSPS) is 24.6. The lowest BCUT2D eigenvalue weighted by atomic mass is 9.82. The molecule has 0 spiro atoms. The van der Waals surface area contributed by atoms with Gasteiger partial charge < -0.3 is 10.4 Å². The minimum absolute atomic E-state index is 0.0160. The summed E-state index contributed by atoms with van der Waals surface area (Å²) in [6.45, 7) is 0.881. The van der Waals surface area contributed by atoms with Crippen molar-refractivity contribution < 1.29 is 14.7 Å². The second-order valence-corrected chi connectivity index (χ2v) is 6.72. The number of Topliss-reactive ketones (excluding diaryl/α,β-unsaturated/α-hetero) is 2. The molecule has 5 heteroatoms. The van der Waals surface area contributed by atoms with Gasteiger partial charge in [-0.2, -0.15) is 0 Å². The summed E-state index contributed by atoms with van der Waals surface area (Å²) in [6, 6.07) is 6.77. The number of fused-ring (bicyclic) bond motifs is 1. The SMILES string of the molecule is O=C1C(Cl)=C(NCC2CCC(CO)CC2)C(=O)c2ccccc21. The van der Waals surface area contributed by atoms with Crippen LogP contribution in [0.3, 0.4) is 0 Å². The van der Waals surface area contributed by atoms with Crippen LogP contribution in [0.2, 0.25) is 0 Å². The largest absolute Gasteiger partial charge is 0.396 e. The summed E-state index contributed by atoms with van der Waals surface area (Å²) in [7, 11) is 0. The van der Waals surface area contributed by atoms with Gasteiger partial charge in [0.25, 0.3) is 0 Å². The Kier molecular flexibility index (Phi) is 4.83. The van der Waals surface area contributed by atoms with Crippen molar-refractivity contribution in [2.75, 3.05) is 13.2 Å². The summed E-state index contributed by atoms with van der Waals surface area (Å²) >= 11 is 6.13. The molecule has 23 heavy (non-hydrogen) atoms. The first-order valence-electron chi connectivity index (χ1n) is 8.04. The van der Waals surface area contributed by atoms with Crippen LogP contribution in [0.4, 0.5) is 0 Å². The molecule has 1 aromatic rings. The number of aliphatic hydroxyl groups is 1. The van der Waals surface area contributed by atoms with Gasteiger partial charge in [-0.1, -0.05) is 35.9 Å². The summed E-state index contributed by atoms with van der Waals surface area (Å²) in [4.78, 5) is 24.8. The molecule has 0 saturated heterocycles. The Morgan fingerprint density at radius 3 is 2.17 bits per heavy atom. The van der Waals surface area contributed by atoms with Crippen molar-refractivity contribution in [3.8, 4) is 0 Å². The predicted octanol–water partition coefficient (Wildman–Crippen LogP) is 2.90. The summed E-state index contributed by atoms with van der Waals surface area (Å²) in [6.07, 6.45) is 4.04. The highest BCUT2D eigenvalue weighted by Crippen LogP contribution is 2.30. The van der Waals surface area contributed by atoms with E-state index in [1.54, 1.807) is 24.3 Å². The van der Waals surface area contributed by atoms with Gasteiger partial charge in [0.05, 0.1) is 0 Å². The van der Waals surface area contributed by atoms with E-state index in [1.807, 2.05) is 0 Å². The van der Waals surface area contributed by atoms with E-state index in [-0.39, 0.29) is 28.9 Å². The summed E-state index contributed by atoms with van der Waals surface area (Å²) in [5, 5.41) is 12.3. The molecule has 0 radical (unpaired) electrons. The van der Waals surface area contributed by atoms with Crippen LogP contribution in [0.1, 0.15) is 46.4 Å². The van der Waals surface area contributed by atoms with E-state index < -0.39 is 0 Å². The first-order valence-corrected chi connectivity index (χ1v) is 8.42. The second kappa shape index (κ2) is 6.85. The van der Waals surface area contributed by atoms with Crippen molar-refractivity contribution in [3.05, 3.63) is 46.1 Å². The number of nitrogens with one attached hydrogen (secondary N) is 1. The van der Waals surface area contributed by atoms with Gasteiger partial charge in [0.1, 0.15) is 10.7 Å². The van der Waals surface area contributed by atoms with Gasteiger partial charge in [-0.05, 0) is 37.5 Å². The van der Waals surface area contributed by atoms with Crippen LogP contribution in [0, 0.1) is 11.8 Å². The predicted molar refractivity (Wildman–Crippen MR) is 88.5 cm³/mol. The Bertz CT molecular complexity index is 660. The van der Waals surface area contributed by atoms with Crippen LogP contribution in [-0.2, 0) is 0 Å². The Balaban J connectivity index is 1.70. The molecule has 2 N–H and O–H groups in total. The van der Waals surface area contributed by atoms with Crippen molar-refractivity contribution in [2.24, 2.45) is 11.8 Å². The number of rotatable bonds is 4. The highest BCUT2D eigenvalue weighted by molar-refractivity contribution is 6.49. The molecule has 0 amide bonds. The van der Waals surface area contributed by atoms with E-state index in [4.69, 9.17) is 11.6 Å². The minimum Gasteiger partial charge on any atom is -0.396 e. The van der Waals surface area contributed by atoms with E-state index in [2.05, 4.69) is 5.32 Å². The Morgan fingerprint density at radius 2 is 1.57 bits per heavy atom. The third-order valence-electron chi connectivity index (χ3n) is 4.85. The molecule has 2 aliphatic carbocycles. The summed E-state index contributed by atoms with van der Waals surface area (Å²) < 4.78 is 0. The Hall–Kier alpha value is -1.65. The molecular formula is C18H20ClNO3. The highest BCUT2D eigenvalue weighted by Gasteiger charge is 2.31. The summed E-state index contributed by atoms with van der Waals surface area (Å²) in [5.41, 5.74) is 1.00. The van der Waals surface area contributed by atoms with E-state index in [9.17, 15) is 14.7 Å². The topological polar surface area (TPSA) is 66.4 Å². The molecule has 0 unspecified atom stereocenters. The zero-order valence-corrected chi connectivity index (χ0v) is 13.6. The molecule has 3 rings (SSSR count). The first kappa shape index (κ1) is 16.2.